The van der Waals surface area contributed by atoms with Crippen molar-refractivity contribution in [3.8, 4) is 0 Å². The number of carbonyl (C=O) groups excluding carboxylic acids is 1. The highest BCUT2D eigenvalue weighted by Crippen LogP contribution is 2.25. The molecule has 162 valence electrons. The summed E-state index contributed by atoms with van der Waals surface area (Å²) in [6, 6.07) is 16.4. The van der Waals surface area contributed by atoms with Gasteiger partial charge in [0.15, 0.2) is 0 Å². The molecule has 31 heavy (non-hydrogen) atoms. The topological polar surface area (TPSA) is 66.5 Å². The Morgan fingerprint density at radius 3 is 2.35 bits per heavy atom. The SMILES string of the molecule is O=C(CN(Cc1c(F)cccc1Cl)S(=O)(=O)c1ccc(Cl)cc1)Nc1cccc(Br)c1. The fourth-order valence-electron chi connectivity index (χ4n) is 2.77. The van der Waals surface area contributed by atoms with Crippen molar-refractivity contribution in [2.45, 2.75) is 11.4 Å². The van der Waals surface area contributed by atoms with Crippen LogP contribution in [0.5, 0.6) is 0 Å². The number of hydrogen-bond donors (Lipinski definition) is 1. The molecular weight excluding hydrogens is 530 g/mol. The molecule has 0 aliphatic rings. The summed E-state index contributed by atoms with van der Waals surface area (Å²) in [5, 5.41) is 3.05. The summed E-state index contributed by atoms with van der Waals surface area (Å²) in [5.74, 6) is -1.26. The maximum atomic E-state index is 14.4. The van der Waals surface area contributed by atoms with Gasteiger partial charge in [0.05, 0.1) is 11.4 Å². The number of rotatable bonds is 7. The Hall–Kier alpha value is -1.97. The first kappa shape index (κ1) is 23.7. The molecule has 1 amide bonds. The Labute approximate surface area is 198 Å². The standard InChI is InChI=1S/C21H16BrCl2FN2O3S/c22-14-3-1-4-16(11-14)26-21(28)13-27(12-18-19(24)5-2-6-20(18)25)31(29,30)17-9-7-15(23)8-10-17/h1-11H,12-13H2,(H,26,28). The van der Waals surface area contributed by atoms with Gasteiger partial charge in [-0.05, 0) is 54.6 Å². The van der Waals surface area contributed by atoms with E-state index in [0.29, 0.717) is 10.7 Å². The van der Waals surface area contributed by atoms with Crippen LogP contribution in [-0.2, 0) is 21.4 Å². The number of hydrogen-bond acceptors (Lipinski definition) is 3. The lowest BCUT2D eigenvalue weighted by Gasteiger charge is -2.23. The molecule has 0 atom stereocenters. The molecular formula is C21H16BrCl2FN2O3S. The second-order valence-corrected chi connectivity index (χ2v) is 10.2. The third-order valence-corrected chi connectivity index (χ3v) is 7.18. The lowest BCUT2D eigenvalue weighted by atomic mass is 10.2. The van der Waals surface area contributed by atoms with Crippen molar-refractivity contribution in [1.29, 1.82) is 0 Å². The van der Waals surface area contributed by atoms with Crippen LogP contribution in [0.25, 0.3) is 0 Å². The van der Waals surface area contributed by atoms with Gasteiger partial charge in [0.25, 0.3) is 0 Å². The van der Waals surface area contributed by atoms with Crippen molar-refractivity contribution in [2.75, 3.05) is 11.9 Å². The van der Waals surface area contributed by atoms with Crippen LogP contribution in [0.15, 0.2) is 76.1 Å². The van der Waals surface area contributed by atoms with E-state index in [1.54, 1.807) is 24.3 Å². The first-order valence-corrected chi connectivity index (χ1v) is 11.9. The van der Waals surface area contributed by atoms with Crippen molar-refractivity contribution >= 4 is 60.7 Å². The van der Waals surface area contributed by atoms with E-state index < -0.39 is 34.8 Å². The molecule has 10 heteroatoms. The first-order chi connectivity index (χ1) is 14.7. The van der Waals surface area contributed by atoms with Crippen LogP contribution in [0.3, 0.4) is 0 Å². The fourth-order valence-corrected chi connectivity index (χ4v) is 4.88. The highest BCUT2D eigenvalue weighted by atomic mass is 79.9. The van der Waals surface area contributed by atoms with Crippen molar-refractivity contribution in [2.24, 2.45) is 0 Å². The molecule has 0 heterocycles. The Kier molecular flexibility index (Phi) is 7.72. The quantitative estimate of drug-likeness (QED) is 0.412. The summed E-state index contributed by atoms with van der Waals surface area (Å²) in [6.07, 6.45) is 0. The van der Waals surface area contributed by atoms with Crippen molar-refractivity contribution in [1.82, 2.24) is 4.31 Å². The number of nitrogens with zero attached hydrogens (tertiary/aromatic N) is 1. The molecule has 5 nitrogen and oxygen atoms in total. The Morgan fingerprint density at radius 1 is 1.03 bits per heavy atom. The van der Waals surface area contributed by atoms with E-state index in [-0.39, 0.29) is 15.5 Å². The van der Waals surface area contributed by atoms with E-state index in [1.807, 2.05) is 0 Å². The third kappa shape index (κ3) is 6.05. The van der Waals surface area contributed by atoms with Gasteiger partial charge in [0.1, 0.15) is 5.82 Å². The minimum absolute atomic E-state index is 0.0306. The average molecular weight is 546 g/mol. The van der Waals surface area contributed by atoms with E-state index in [2.05, 4.69) is 21.2 Å². The molecule has 0 saturated heterocycles. The van der Waals surface area contributed by atoms with Crippen LogP contribution < -0.4 is 5.32 Å². The van der Waals surface area contributed by atoms with Crippen molar-refractivity contribution in [3.05, 3.63) is 92.6 Å². The number of benzene rings is 3. The number of sulfonamides is 1. The predicted molar refractivity (Wildman–Crippen MR) is 123 cm³/mol. The maximum absolute atomic E-state index is 14.4. The molecule has 0 aromatic heterocycles. The summed E-state index contributed by atoms with van der Waals surface area (Å²) in [6.45, 7) is -0.982. The van der Waals surface area contributed by atoms with Crippen molar-refractivity contribution in [3.63, 3.8) is 0 Å². The zero-order valence-corrected chi connectivity index (χ0v) is 19.8. The number of halogens is 4. The van der Waals surface area contributed by atoms with Gasteiger partial charge < -0.3 is 5.32 Å². The van der Waals surface area contributed by atoms with Gasteiger partial charge in [-0.3, -0.25) is 4.79 Å². The molecule has 0 bridgehead atoms. The normalized spacial score (nSPS) is 11.5. The number of amides is 1. The van der Waals surface area contributed by atoms with Crippen molar-refractivity contribution < 1.29 is 17.6 Å². The minimum Gasteiger partial charge on any atom is -0.325 e. The van der Waals surface area contributed by atoms with Gasteiger partial charge in [-0.25, -0.2) is 12.8 Å². The number of carbonyl (C=O) groups is 1. The first-order valence-electron chi connectivity index (χ1n) is 8.91. The minimum atomic E-state index is -4.17. The molecule has 0 unspecified atom stereocenters. The summed E-state index contributed by atoms with van der Waals surface area (Å²) < 4.78 is 42.5. The summed E-state index contributed by atoms with van der Waals surface area (Å²) in [5.41, 5.74) is 0.448. The lowest BCUT2D eigenvalue weighted by molar-refractivity contribution is -0.116. The van der Waals surface area contributed by atoms with Gasteiger partial charge in [-0.1, -0.05) is 51.3 Å². The predicted octanol–water partition coefficient (Wildman–Crippen LogP) is 5.72. The van der Waals surface area contributed by atoms with E-state index in [0.717, 1.165) is 8.78 Å². The van der Waals surface area contributed by atoms with E-state index >= 15 is 0 Å². The summed E-state index contributed by atoms with van der Waals surface area (Å²) in [7, 11) is -4.17. The Balaban J connectivity index is 1.93. The monoisotopic (exact) mass is 544 g/mol. The number of anilines is 1. The zero-order chi connectivity index (χ0) is 22.6. The van der Waals surface area contributed by atoms with Crippen LogP contribution in [0.1, 0.15) is 5.56 Å². The van der Waals surface area contributed by atoms with Crippen LogP contribution >= 0.6 is 39.1 Å². The Bertz CT molecular complexity index is 1190. The van der Waals surface area contributed by atoms with Gasteiger partial charge >= 0.3 is 0 Å². The average Bonchev–Trinajstić information content (AvgIpc) is 2.70. The molecule has 0 radical (unpaired) electrons. The molecule has 3 aromatic carbocycles. The molecule has 0 aliphatic carbocycles. The molecule has 0 spiro atoms. The largest absolute Gasteiger partial charge is 0.325 e. The maximum Gasteiger partial charge on any atom is 0.243 e. The smallest absolute Gasteiger partial charge is 0.243 e. The van der Waals surface area contributed by atoms with Crippen LogP contribution in [0.2, 0.25) is 10.0 Å². The highest BCUT2D eigenvalue weighted by molar-refractivity contribution is 9.10. The van der Waals surface area contributed by atoms with Gasteiger partial charge in [0.2, 0.25) is 15.9 Å². The number of nitrogens with one attached hydrogen (secondary N) is 1. The molecule has 3 rings (SSSR count). The molecule has 1 N–H and O–H groups in total. The van der Waals surface area contributed by atoms with Crippen LogP contribution in [-0.4, -0.2) is 25.2 Å². The fraction of sp³-hybridized carbons (Fsp3) is 0.0952. The summed E-state index contributed by atoms with van der Waals surface area (Å²) >= 11 is 15.3. The second-order valence-electron chi connectivity index (χ2n) is 6.49. The lowest BCUT2D eigenvalue weighted by Crippen LogP contribution is -2.37. The second kappa shape index (κ2) is 10.1. The van der Waals surface area contributed by atoms with Gasteiger partial charge in [0, 0.05) is 32.3 Å². The molecule has 0 saturated carbocycles. The van der Waals surface area contributed by atoms with E-state index in [4.69, 9.17) is 23.2 Å². The summed E-state index contributed by atoms with van der Waals surface area (Å²) in [4.78, 5) is 12.6. The molecule has 3 aromatic rings. The Morgan fingerprint density at radius 2 is 1.71 bits per heavy atom. The van der Waals surface area contributed by atoms with E-state index in [9.17, 15) is 17.6 Å². The van der Waals surface area contributed by atoms with Crippen LogP contribution in [0, 0.1) is 5.82 Å². The molecule has 0 aliphatic heterocycles. The van der Waals surface area contributed by atoms with Gasteiger partial charge in [-0.15, -0.1) is 0 Å². The third-order valence-electron chi connectivity index (χ3n) is 4.28. The van der Waals surface area contributed by atoms with Crippen LogP contribution in [0.4, 0.5) is 10.1 Å². The molecule has 0 fully saturated rings. The zero-order valence-electron chi connectivity index (χ0n) is 15.9. The van der Waals surface area contributed by atoms with E-state index in [1.165, 1.54) is 42.5 Å². The van der Waals surface area contributed by atoms with Gasteiger partial charge in [-0.2, -0.15) is 4.31 Å². The highest BCUT2D eigenvalue weighted by Gasteiger charge is 2.28.